The van der Waals surface area contributed by atoms with E-state index in [2.05, 4.69) is 24.1 Å². The predicted molar refractivity (Wildman–Crippen MR) is 84.1 cm³/mol. The maximum atomic E-state index is 4.75. The number of rotatable bonds is 0. The van der Waals surface area contributed by atoms with Gasteiger partial charge in [0.2, 0.25) is 0 Å². The van der Waals surface area contributed by atoms with Crippen molar-refractivity contribution in [1.82, 2.24) is 9.88 Å². The highest BCUT2D eigenvalue weighted by Gasteiger charge is 2.51. The molecule has 21 heavy (non-hydrogen) atoms. The maximum absolute atomic E-state index is 4.75. The van der Waals surface area contributed by atoms with E-state index in [0.29, 0.717) is 0 Å². The molecule has 3 fully saturated rings. The van der Waals surface area contributed by atoms with Crippen LogP contribution in [0.15, 0.2) is 18.3 Å². The molecule has 0 spiro atoms. The molecule has 6 atom stereocenters. The van der Waals surface area contributed by atoms with Gasteiger partial charge in [0.25, 0.3) is 0 Å². The number of nitrogens with zero attached hydrogens (tertiary/aromatic N) is 2. The standard InChI is InChI=1S/C19H26N2/c1-21-10-8-15-13-4-5-16-17(14(13)6-7-18(15)21)11-12-3-2-9-20-19(12)16/h2-3,9,13-18H,4-8,10-11H2,1H3. The van der Waals surface area contributed by atoms with Crippen LogP contribution in [0.5, 0.6) is 0 Å². The minimum Gasteiger partial charge on any atom is -0.303 e. The minimum atomic E-state index is 0.790. The molecule has 0 bridgehead atoms. The molecule has 1 saturated heterocycles. The Morgan fingerprint density at radius 2 is 1.86 bits per heavy atom. The highest BCUT2D eigenvalue weighted by Crippen LogP contribution is 2.57. The lowest BCUT2D eigenvalue weighted by molar-refractivity contribution is 0.0234. The van der Waals surface area contributed by atoms with E-state index in [-0.39, 0.29) is 0 Å². The van der Waals surface area contributed by atoms with Gasteiger partial charge in [-0.15, -0.1) is 0 Å². The first-order chi connectivity index (χ1) is 10.3. The van der Waals surface area contributed by atoms with Crippen molar-refractivity contribution in [2.75, 3.05) is 13.6 Å². The van der Waals surface area contributed by atoms with Crippen LogP contribution in [0.2, 0.25) is 0 Å². The summed E-state index contributed by atoms with van der Waals surface area (Å²) in [6, 6.07) is 5.38. The third-order valence-corrected chi connectivity index (χ3v) is 7.38. The molecule has 1 aromatic heterocycles. The van der Waals surface area contributed by atoms with Crippen LogP contribution < -0.4 is 0 Å². The molecule has 0 N–H and O–H groups in total. The summed E-state index contributed by atoms with van der Waals surface area (Å²) < 4.78 is 0. The van der Waals surface area contributed by atoms with Crippen LogP contribution in [-0.4, -0.2) is 29.5 Å². The molecular weight excluding hydrogens is 256 g/mol. The summed E-state index contributed by atoms with van der Waals surface area (Å²) in [5.41, 5.74) is 3.03. The average Bonchev–Trinajstić information content (AvgIpc) is 3.08. The second-order valence-corrected chi connectivity index (χ2v) is 8.01. The topological polar surface area (TPSA) is 16.1 Å². The van der Waals surface area contributed by atoms with Gasteiger partial charge >= 0.3 is 0 Å². The Hall–Kier alpha value is -0.890. The smallest absolute Gasteiger partial charge is 0.0469 e. The van der Waals surface area contributed by atoms with Crippen molar-refractivity contribution in [3.8, 4) is 0 Å². The molecule has 2 heteroatoms. The molecule has 4 aliphatic rings. The molecule has 0 amide bonds. The van der Waals surface area contributed by atoms with E-state index >= 15 is 0 Å². The van der Waals surface area contributed by atoms with Gasteiger partial charge in [0, 0.05) is 23.9 Å². The van der Waals surface area contributed by atoms with Gasteiger partial charge in [-0.2, -0.15) is 0 Å². The van der Waals surface area contributed by atoms with Crippen LogP contribution in [0.1, 0.15) is 49.3 Å². The first-order valence-electron chi connectivity index (χ1n) is 8.97. The molecule has 1 aliphatic heterocycles. The van der Waals surface area contributed by atoms with Crippen molar-refractivity contribution < 1.29 is 0 Å². The Labute approximate surface area is 127 Å². The van der Waals surface area contributed by atoms with E-state index in [1.807, 2.05) is 6.20 Å². The molecule has 0 aromatic carbocycles. The lowest BCUT2D eigenvalue weighted by Crippen LogP contribution is -2.45. The zero-order chi connectivity index (χ0) is 14.0. The Balaban J connectivity index is 1.45. The lowest BCUT2D eigenvalue weighted by Gasteiger charge is -2.49. The van der Waals surface area contributed by atoms with Crippen LogP contribution in [0.25, 0.3) is 0 Å². The number of hydrogen-bond acceptors (Lipinski definition) is 2. The normalized spacial score (nSPS) is 44.8. The summed E-state index contributed by atoms with van der Waals surface area (Å²) in [5, 5.41) is 0. The Bertz CT molecular complexity index is 554. The molecule has 0 radical (unpaired) electrons. The Morgan fingerprint density at radius 1 is 1.00 bits per heavy atom. The van der Waals surface area contributed by atoms with Crippen molar-refractivity contribution in [1.29, 1.82) is 0 Å². The van der Waals surface area contributed by atoms with E-state index in [1.54, 1.807) is 5.56 Å². The Morgan fingerprint density at radius 3 is 2.81 bits per heavy atom. The number of likely N-dealkylation sites (tertiary alicyclic amines) is 1. The van der Waals surface area contributed by atoms with Crippen molar-refractivity contribution in [3.63, 3.8) is 0 Å². The van der Waals surface area contributed by atoms with E-state index in [0.717, 1.165) is 35.6 Å². The largest absolute Gasteiger partial charge is 0.303 e. The molecule has 112 valence electrons. The maximum Gasteiger partial charge on any atom is 0.0469 e. The first kappa shape index (κ1) is 12.6. The zero-order valence-corrected chi connectivity index (χ0v) is 13.0. The fourth-order valence-corrected chi connectivity index (χ4v) is 6.56. The SMILES string of the molecule is CN1CCC2C3CCC4c5ncccc5CC4C3CCC21. The van der Waals surface area contributed by atoms with E-state index in [4.69, 9.17) is 4.98 Å². The number of aromatic nitrogens is 1. The highest BCUT2D eigenvalue weighted by atomic mass is 15.2. The fraction of sp³-hybridized carbons (Fsp3) is 0.737. The number of pyridine rings is 1. The molecule has 2 nitrogen and oxygen atoms in total. The van der Waals surface area contributed by atoms with E-state index in [1.165, 1.54) is 50.8 Å². The summed E-state index contributed by atoms with van der Waals surface area (Å²) in [6.45, 7) is 1.34. The number of fused-ring (bicyclic) bond motifs is 7. The van der Waals surface area contributed by atoms with Gasteiger partial charge in [-0.25, -0.2) is 0 Å². The molecule has 3 aliphatic carbocycles. The Kier molecular flexibility index (Phi) is 2.74. The second-order valence-electron chi connectivity index (χ2n) is 8.01. The van der Waals surface area contributed by atoms with Gasteiger partial charge in [-0.3, -0.25) is 4.98 Å². The van der Waals surface area contributed by atoms with Crippen LogP contribution >= 0.6 is 0 Å². The first-order valence-corrected chi connectivity index (χ1v) is 8.97. The summed E-state index contributed by atoms with van der Waals surface area (Å²) >= 11 is 0. The van der Waals surface area contributed by atoms with Crippen molar-refractivity contribution in [2.45, 2.75) is 50.5 Å². The van der Waals surface area contributed by atoms with Gasteiger partial charge in [0.15, 0.2) is 0 Å². The minimum absolute atomic E-state index is 0.790. The summed E-state index contributed by atoms with van der Waals surface area (Å²) in [7, 11) is 2.35. The van der Waals surface area contributed by atoms with Crippen LogP contribution in [0, 0.1) is 23.7 Å². The predicted octanol–water partition coefficient (Wildman–Crippen LogP) is 3.48. The quantitative estimate of drug-likeness (QED) is 0.724. The van der Waals surface area contributed by atoms with Crippen molar-refractivity contribution in [3.05, 3.63) is 29.6 Å². The van der Waals surface area contributed by atoms with E-state index < -0.39 is 0 Å². The van der Waals surface area contributed by atoms with Crippen molar-refractivity contribution >= 4 is 0 Å². The molecule has 2 heterocycles. The summed E-state index contributed by atoms with van der Waals surface area (Å²) in [5.74, 6) is 4.72. The van der Waals surface area contributed by atoms with E-state index in [9.17, 15) is 0 Å². The lowest BCUT2D eigenvalue weighted by atomic mass is 9.57. The summed E-state index contributed by atoms with van der Waals surface area (Å²) in [6.07, 6.45) is 10.6. The van der Waals surface area contributed by atoms with Crippen LogP contribution in [0.3, 0.4) is 0 Å². The number of hydrogen-bond donors (Lipinski definition) is 0. The second kappa shape index (κ2) is 4.55. The van der Waals surface area contributed by atoms with Crippen LogP contribution in [-0.2, 0) is 6.42 Å². The van der Waals surface area contributed by atoms with Gasteiger partial charge in [0.05, 0.1) is 0 Å². The van der Waals surface area contributed by atoms with Gasteiger partial charge in [0.1, 0.15) is 0 Å². The third kappa shape index (κ3) is 1.72. The monoisotopic (exact) mass is 282 g/mol. The molecule has 2 saturated carbocycles. The van der Waals surface area contributed by atoms with Crippen LogP contribution in [0.4, 0.5) is 0 Å². The zero-order valence-electron chi connectivity index (χ0n) is 13.0. The fourth-order valence-electron chi connectivity index (χ4n) is 6.56. The average molecular weight is 282 g/mol. The molecule has 1 aromatic rings. The third-order valence-electron chi connectivity index (χ3n) is 7.38. The summed E-state index contributed by atoms with van der Waals surface area (Å²) in [4.78, 5) is 7.40. The van der Waals surface area contributed by atoms with Gasteiger partial charge < -0.3 is 4.90 Å². The molecular formula is C19H26N2. The molecule has 6 unspecified atom stereocenters. The van der Waals surface area contributed by atoms with Gasteiger partial charge in [-0.05, 0) is 87.4 Å². The van der Waals surface area contributed by atoms with Gasteiger partial charge in [-0.1, -0.05) is 6.07 Å². The molecule has 5 rings (SSSR count). The van der Waals surface area contributed by atoms with Crippen molar-refractivity contribution in [2.24, 2.45) is 23.7 Å². The highest BCUT2D eigenvalue weighted by molar-refractivity contribution is 5.32.